The van der Waals surface area contributed by atoms with E-state index in [0.29, 0.717) is 35.1 Å². The number of anilines is 1. The van der Waals surface area contributed by atoms with Crippen LogP contribution in [0.4, 0.5) is 5.69 Å². The predicted octanol–water partition coefficient (Wildman–Crippen LogP) is 3.01. The largest absolute Gasteiger partial charge is 0.493 e. The van der Waals surface area contributed by atoms with Crippen LogP contribution in [0.5, 0.6) is 23.0 Å². The summed E-state index contributed by atoms with van der Waals surface area (Å²) in [5.41, 5.74) is 0.964. The summed E-state index contributed by atoms with van der Waals surface area (Å²) in [5, 5.41) is 2.66. The Morgan fingerprint density at radius 1 is 1.00 bits per heavy atom. The normalized spacial score (nSPS) is 11.5. The van der Waals surface area contributed by atoms with E-state index in [1.165, 1.54) is 53.6 Å². The zero-order valence-corrected chi connectivity index (χ0v) is 19.8. The zero-order chi connectivity index (χ0) is 23.9. The first kappa shape index (κ1) is 25.0. The van der Waals surface area contributed by atoms with Gasteiger partial charge in [0, 0.05) is 25.9 Å². The molecule has 2 aromatic rings. The van der Waals surface area contributed by atoms with E-state index >= 15 is 0 Å². The third kappa shape index (κ3) is 5.71. The van der Waals surface area contributed by atoms with Crippen LogP contribution < -0.4 is 24.3 Å². The van der Waals surface area contributed by atoms with E-state index in [1.807, 2.05) is 0 Å². The number of carbonyl (C=O) groups is 1. The van der Waals surface area contributed by atoms with Gasteiger partial charge in [-0.05, 0) is 48.9 Å². The fourth-order valence-electron chi connectivity index (χ4n) is 2.81. The summed E-state index contributed by atoms with van der Waals surface area (Å²) >= 11 is 0. The van der Waals surface area contributed by atoms with Crippen LogP contribution >= 0.6 is 0 Å². The van der Waals surface area contributed by atoms with E-state index < -0.39 is 15.9 Å². The van der Waals surface area contributed by atoms with Gasteiger partial charge in [0.1, 0.15) is 10.6 Å². The van der Waals surface area contributed by atoms with Gasteiger partial charge in [-0.3, -0.25) is 4.79 Å². The lowest BCUT2D eigenvalue weighted by Crippen LogP contribution is -2.23. The Hall–Kier alpha value is -3.24. The quantitative estimate of drug-likeness (QED) is 0.539. The second-order valence-electron chi connectivity index (χ2n) is 6.66. The van der Waals surface area contributed by atoms with Crippen molar-refractivity contribution in [3.63, 3.8) is 0 Å². The third-order valence-corrected chi connectivity index (χ3v) is 6.22. The van der Waals surface area contributed by atoms with Crippen molar-refractivity contribution >= 4 is 27.7 Å². The molecule has 32 heavy (non-hydrogen) atoms. The van der Waals surface area contributed by atoms with Crippen molar-refractivity contribution in [3.05, 3.63) is 42.0 Å². The Labute approximate surface area is 188 Å². The van der Waals surface area contributed by atoms with Crippen LogP contribution in [0.25, 0.3) is 6.08 Å². The lowest BCUT2D eigenvalue weighted by Gasteiger charge is -2.16. The van der Waals surface area contributed by atoms with Crippen molar-refractivity contribution in [1.82, 2.24) is 4.31 Å². The second kappa shape index (κ2) is 10.9. The molecule has 0 aromatic heterocycles. The average molecular weight is 465 g/mol. The number of benzene rings is 2. The number of sulfonamides is 1. The topological polar surface area (TPSA) is 103 Å². The first-order valence-electron chi connectivity index (χ1n) is 9.66. The van der Waals surface area contributed by atoms with Gasteiger partial charge >= 0.3 is 0 Å². The monoisotopic (exact) mass is 464 g/mol. The summed E-state index contributed by atoms with van der Waals surface area (Å²) in [4.78, 5) is 12.4. The van der Waals surface area contributed by atoms with Gasteiger partial charge in [-0.25, -0.2) is 12.7 Å². The SMILES string of the molecule is CCOc1ccc(NC(=O)C=Cc2cc(OC)c(OC)c(OC)c2)cc1S(=O)(=O)N(C)C. The molecule has 0 radical (unpaired) electrons. The Kier molecular flexibility index (Phi) is 8.50. The molecular weight excluding hydrogens is 436 g/mol. The first-order valence-corrected chi connectivity index (χ1v) is 11.1. The number of ether oxygens (including phenoxy) is 4. The maximum atomic E-state index is 12.6. The van der Waals surface area contributed by atoms with Crippen molar-refractivity contribution < 1.29 is 32.2 Å². The van der Waals surface area contributed by atoms with Gasteiger partial charge in [-0.1, -0.05) is 0 Å². The van der Waals surface area contributed by atoms with E-state index in [2.05, 4.69) is 5.32 Å². The summed E-state index contributed by atoms with van der Waals surface area (Å²) in [7, 11) is 3.60. The van der Waals surface area contributed by atoms with Gasteiger partial charge in [-0.15, -0.1) is 0 Å². The van der Waals surface area contributed by atoms with E-state index in [0.717, 1.165) is 4.31 Å². The number of carbonyl (C=O) groups excluding carboxylic acids is 1. The molecule has 0 spiro atoms. The van der Waals surface area contributed by atoms with Gasteiger partial charge in [0.2, 0.25) is 21.7 Å². The van der Waals surface area contributed by atoms with Gasteiger partial charge in [0.15, 0.2) is 11.5 Å². The first-order chi connectivity index (χ1) is 15.2. The van der Waals surface area contributed by atoms with Crippen molar-refractivity contribution in [2.24, 2.45) is 0 Å². The standard InChI is InChI=1S/C22H28N2O7S/c1-7-31-17-10-9-16(14-20(17)32(26,27)24(2)3)23-21(25)11-8-15-12-18(28-4)22(30-6)19(13-15)29-5/h8-14H,7H2,1-6H3,(H,23,25). The molecule has 1 amide bonds. The van der Waals surface area contributed by atoms with Crippen molar-refractivity contribution in [2.75, 3.05) is 47.3 Å². The summed E-state index contributed by atoms with van der Waals surface area (Å²) in [6.07, 6.45) is 2.89. The Morgan fingerprint density at radius 3 is 2.12 bits per heavy atom. The van der Waals surface area contributed by atoms with Crippen LogP contribution in [-0.2, 0) is 14.8 Å². The Balaban J connectivity index is 2.29. The maximum Gasteiger partial charge on any atom is 0.248 e. The maximum absolute atomic E-state index is 12.6. The minimum atomic E-state index is -3.77. The molecule has 0 fully saturated rings. The number of nitrogens with one attached hydrogen (secondary N) is 1. The molecule has 2 aromatic carbocycles. The molecule has 0 unspecified atom stereocenters. The highest BCUT2D eigenvalue weighted by molar-refractivity contribution is 7.89. The molecule has 0 aliphatic heterocycles. The van der Waals surface area contributed by atoms with Gasteiger partial charge in [-0.2, -0.15) is 0 Å². The lowest BCUT2D eigenvalue weighted by atomic mass is 10.1. The van der Waals surface area contributed by atoms with Crippen LogP contribution in [0, 0.1) is 0 Å². The van der Waals surface area contributed by atoms with Gasteiger partial charge in [0.25, 0.3) is 0 Å². The number of amides is 1. The zero-order valence-electron chi connectivity index (χ0n) is 19.0. The van der Waals surface area contributed by atoms with E-state index in [-0.39, 0.29) is 10.6 Å². The van der Waals surface area contributed by atoms with Gasteiger partial charge in [0.05, 0.1) is 27.9 Å². The van der Waals surface area contributed by atoms with E-state index in [9.17, 15) is 13.2 Å². The van der Waals surface area contributed by atoms with E-state index in [1.54, 1.807) is 31.2 Å². The fourth-order valence-corrected chi connectivity index (χ4v) is 3.86. The molecule has 0 aliphatic carbocycles. The van der Waals surface area contributed by atoms with Crippen LogP contribution in [0.2, 0.25) is 0 Å². The molecule has 174 valence electrons. The molecule has 2 rings (SSSR count). The molecule has 0 saturated carbocycles. The lowest BCUT2D eigenvalue weighted by molar-refractivity contribution is -0.111. The van der Waals surface area contributed by atoms with Crippen molar-refractivity contribution in [2.45, 2.75) is 11.8 Å². The number of rotatable bonds is 10. The number of hydrogen-bond acceptors (Lipinski definition) is 7. The van der Waals surface area contributed by atoms with Gasteiger partial charge < -0.3 is 24.3 Å². The number of methoxy groups -OCH3 is 3. The molecule has 0 heterocycles. The summed E-state index contributed by atoms with van der Waals surface area (Å²) < 4.78 is 47.7. The molecule has 1 N–H and O–H groups in total. The van der Waals surface area contributed by atoms with Crippen LogP contribution in [0.3, 0.4) is 0 Å². The molecule has 0 aliphatic rings. The Morgan fingerprint density at radius 2 is 1.62 bits per heavy atom. The number of nitrogens with zero attached hydrogens (tertiary/aromatic N) is 1. The molecule has 0 bridgehead atoms. The minimum Gasteiger partial charge on any atom is -0.493 e. The minimum absolute atomic E-state index is 0.0317. The highest BCUT2D eigenvalue weighted by Crippen LogP contribution is 2.38. The second-order valence-corrected chi connectivity index (χ2v) is 8.78. The fraction of sp³-hybridized carbons (Fsp3) is 0.318. The smallest absolute Gasteiger partial charge is 0.248 e. The summed E-state index contributed by atoms with van der Waals surface area (Å²) in [6.45, 7) is 2.06. The molecule has 0 saturated heterocycles. The molecule has 10 heteroatoms. The third-order valence-electron chi connectivity index (χ3n) is 4.38. The predicted molar refractivity (Wildman–Crippen MR) is 122 cm³/mol. The van der Waals surface area contributed by atoms with Crippen LogP contribution in [0.15, 0.2) is 41.3 Å². The number of hydrogen-bond donors (Lipinski definition) is 1. The molecule has 9 nitrogen and oxygen atoms in total. The highest BCUT2D eigenvalue weighted by atomic mass is 32.2. The molecular formula is C22H28N2O7S. The summed E-state index contributed by atoms with van der Waals surface area (Å²) in [5.74, 6) is 1.12. The van der Waals surface area contributed by atoms with E-state index in [4.69, 9.17) is 18.9 Å². The highest BCUT2D eigenvalue weighted by Gasteiger charge is 2.23. The van der Waals surface area contributed by atoms with Crippen molar-refractivity contribution in [3.8, 4) is 23.0 Å². The van der Waals surface area contributed by atoms with Crippen molar-refractivity contribution in [1.29, 1.82) is 0 Å². The van der Waals surface area contributed by atoms with Crippen LogP contribution in [0.1, 0.15) is 12.5 Å². The molecule has 0 atom stereocenters. The average Bonchev–Trinajstić information content (AvgIpc) is 2.77. The Bertz CT molecular complexity index is 1070. The summed E-state index contributed by atoms with van der Waals surface area (Å²) in [6, 6.07) is 7.85. The van der Waals surface area contributed by atoms with Crippen LogP contribution in [-0.4, -0.2) is 60.7 Å².